The van der Waals surface area contributed by atoms with E-state index in [9.17, 15) is 8.42 Å². The topological polar surface area (TPSA) is 72.2 Å². The zero-order valence-electron chi connectivity index (χ0n) is 12.1. The van der Waals surface area contributed by atoms with E-state index in [1.807, 2.05) is 19.1 Å². The maximum atomic E-state index is 12.5. The van der Waals surface area contributed by atoms with Gasteiger partial charge in [-0.3, -0.25) is 4.72 Å². The van der Waals surface area contributed by atoms with Crippen LogP contribution in [0.25, 0.3) is 0 Å². The Bertz CT molecular complexity index is 778. The first-order valence-corrected chi connectivity index (χ1v) is 8.64. The molecule has 0 aliphatic rings. The quantitative estimate of drug-likeness (QED) is 0.810. The molecule has 0 saturated heterocycles. The van der Waals surface area contributed by atoms with Gasteiger partial charge in [-0.25, -0.2) is 8.42 Å². The average Bonchev–Trinajstić information content (AvgIpc) is 2.33. The molecule has 0 saturated carbocycles. The van der Waals surface area contributed by atoms with Crippen molar-refractivity contribution in [3.63, 3.8) is 0 Å². The molecule has 0 heterocycles. The minimum Gasteiger partial charge on any atom is -0.397 e. The summed E-state index contributed by atoms with van der Waals surface area (Å²) in [5.41, 5.74) is 9.20. The fourth-order valence-electron chi connectivity index (χ4n) is 2.20. The number of nitrogens with two attached hydrogens (primary N) is 1. The van der Waals surface area contributed by atoms with E-state index in [2.05, 4.69) is 20.7 Å². The maximum absolute atomic E-state index is 12.5. The number of benzene rings is 2. The van der Waals surface area contributed by atoms with Gasteiger partial charge in [0.15, 0.2) is 0 Å². The largest absolute Gasteiger partial charge is 0.397 e. The van der Waals surface area contributed by atoms with E-state index in [0.29, 0.717) is 16.9 Å². The van der Waals surface area contributed by atoms with Crippen LogP contribution in [0.4, 0.5) is 11.4 Å². The minimum absolute atomic E-state index is 0.259. The highest BCUT2D eigenvalue weighted by molar-refractivity contribution is 9.10. The van der Waals surface area contributed by atoms with Crippen LogP contribution in [0, 0.1) is 20.8 Å². The molecule has 0 bridgehead atoms. The third-order valence-electron chi connectivity index (χ3n) is 3.19. The minimum atomic E-state index is -3.66. The van der Waals surface area contributed by atoms with Crippen LogP contribution >= 0.6 is 15.9 Å². The van der Waals surface area contributed by atoms with Crippen LogP contribution in [0.3, 0.4) is 0 Å². The number of hydrogen-bond acceptors (Lipinski definition) is 3. The highest BCUT2D eigenvalue weighted by Crippen LogP contribution is 2.30. The molecule has 0 aliphatic heterocycles. The van der Waals surface area contributed by atoms with Crippen molar-refractivity contribution < 1.29 is 8.42 Å². The van der Waals surface area contributed by atoms with Crippen LogP contribution in [0.15, 0.2) is 39.7 Å². The van der Waals surface area contributed by atoms with Gasteiger partial charge in [-0.15, -0.1) is 0 Å². The van der Waals surface area contributed by atoms with Crippen molar-refractivity contribution in [3.05, 3.63) is 51.5 Å². The van der Waals surface area contributed by atoms with Crippen LogP contribution in [0.5, 0.6) is 0 Å². The molecule has 0 spiro atoms. The van der Waals surface area contributed by atoms with E-state index in [1.165, 1.54) is 0 Å². The second kappa shape index (κ2) is 5.69. The molecule has 4 nitrogen and oxygen atoms in total. The van der Waals surface area contributed by atoms with Gasteiger partial charge in [0, 0.05) is 4.47 Å². The molecule has 2 rings (SSSR count). The number of hydrogen-bond donors (Lipinski definition) is 2. The first kappa shape index (κ1) is 15.9. The molecule has 2 aromatic carbocycles. The molecule has 6 heteroatoms. The summed E-state index contributed by atoms with van der Waals surface area (Å²) in [6.45, 7) is 5.51. The fourth-order valence-corrected chi connectivity index (χ4v) is 4.18. The molecule has 0 fully saturated rings. The average molecular weight is 369 g/mol. The van der Waals surface area contributed by atoms with Crippen LogP contribution < -0.4 is 10.5 Å². The standard InChI is InChI=1S/C15H17BrN2O2S/c1-9-4-5-14(10(2)6-9)21(19,20)18-15-11(3)7-12(16)8-13(15)17/h4-8,18H,17H2,1-3H3. The predicted molar refractivity (Wildman–Crippen MR) is 90.0 cm³/mol. The van der Waals surface area contributed by atoms with Gasteiger partial charge >= 0.3 is 0 Å². The maximum Gasteiger partial charge on any atom is 0.262 e. The van der Waals surface area contributed by atoms with Crippen molar-refractivity contribution in [3.8, 4) is 0 Å². The molecular formula is C15H17BrN2O2S. The van der Waals surface area contributed by atoms with Crippen molar-refractivity contribution in [2.24, 2.45) is 0 Å². The van der Waals surface area contributed by atoms with Gasteiger partial charge in [0.1, 0.15) is 0 Å². The molecular weight excluding hydrogens is 352 g/mol. The van der Waals surface area contributed by atoms with Gasteiger partial charge in [-0.05, 0) is 50.1 Å². The molecule has 0 amide bonds. The summed E-state index contributed by atoms with van der Waals surface area (Å²) in [6, 6.07) is 8.71. The molecule has 0 atom stereocenters. The van der Waals surface area contributed by atoms with Gasteiger partial charge in [0.2, 0.25) is 0 Å². The van der Waals surface area contributed by atoms with Gasteiger partial charge in [-0.1, -0.05) is 33.6 Å². The third-order valence-corrected chi connectivity index (χ3v) is 5.15. The Morgan fingerprint density at radius 3 is 2.29 bits per heavy atom. The fraction of sp³-hybridized carbons (Fsp3) is 0.200. The van der Waals surface area contributed by atoms with E-state index in [0.717, 1.165) is 15.6 Å². The Morgan fingerprint density at radius 1 is 1.05 bits per heavy atom. The Labute approximate surface area is 133 Å². The zero-order valence-corrected chi connectivity index (χ0v) is 14.5. The van der Waals surface area contributed by atoms with Crippen LogP contribution in [-0.4, -0.2) is 8.42 Å². The van der Waals surface area contributed by atoms with Crippen molar-refractivity contribution in [1.29, 1.82) is 0 Å². The smallest absolute Gasteiger partial charge is 0.262 e. The molecule has 0 unspecified atom stereocenters. The van der Waals surface area contributed by atoms with E-state index < -0.39 is 10.0 Å². The second-order valence-corrected chi connectivity index (χ2v) is 7.63. The predicted octanol–water partition coefficient (Wildman–Crippen LogP) is 3.76. The summed E-state index contributed by atoms with van der Waals surface area (Å²) in [7, 11) is -3.66. The Morgan fingerprint density at radius 2 is 1.71 bits per heavy atom. The van der Waals surface area contributed by atoms with Crippen LogP contribution in [0.2, 0.25) is 0 Å². The summed E-state index contributed by atoms with van der Waals surface area (Å²) >= 11 is 3.33. The lowest BCUT2D eigenvalue weighted by Gasteiger charge is -2.15. The molecule has 0 aromatic heterocycles. The summed E-state index contributed by atoms with van der Waals surface area (Å²) in [5.74, 6) is 0. The lowest BCUT2D eigenvalue weighted by molar-refractivity contribution is 0.600. The van der Waals surface area contributed by atoms with Crippen molar-refractivity contribution in [1.82, 2.24) is 0 Å². The lowest BCUT2D eigenvalue weighted by Crippen LogP contribution is -2.16. The number of anilines is 2. The number of nitrogen functional groups attached to an aromatic ring is 1. The molecule has 0 radical (unpaired) electrons. The van der Waals surface area contributed by atoms with E-state index in [-0.39, 0.29) is 4.90 Å². The van der Waals surface area contributed by atoms with Crippen molar-refractivity contribution >= 4 is 37.3 Å². The summed E-state index contributed by atoms with van der Waals surface area (Å²) in [5, 5.41) is 0. The SMILES string of the molecule is Cc1ccc(S(=O)(=O)Nc2c(C)cc(Br)cc2N)c(C)c1. The first-order chi connectivity index (χ1) is 9.70. The Hall–Kier alpha value is -1.53. The Kier molecular flexibility index (Phi) is 4.30. The molecule has 21 heavy (non-hydrogen) atoms. The number of halogens is 1. The third kappa shape index (κ3) is 3.39. The molecule has 3 N–H and O–H groups in total. The lowest BCUT2D eigenvalue weighted by atomic mass is 10.2. The monoisotopic (exact) mass is 368 g/mol. The van der Waals surface area contributed by atoms with Crippen molar-refractivity contribution in [2.75, 3.05) is 10.5 Å². The number of nitrogens with one attached hydrogen (secondary N) is 1. The van der Waals surface area contributed by atoms with Crippen LogP contribution in [0.1, 0.15) is 16.7 Å². The van der Waals surface area contributed by atoms with E-state index in [1.54, 1.807) is 32.0 Å². The number of aryl methyl sites for hydroxylation is 3. The number of rotatable bonds is 3. The summed E-state index contributed by atoms with van der Waals surface area (Å²) in [4.78, 5) is 0.259. The zero-order chi connectivity index (χ0) is 15.8. The van der Waals surface area contributed by atoms with Gasteiger partial charge in [0.05, 0.1) is 16.3 Å². The second-order valence-electron chi connectivity index (χ2n) is 5.06. The van der Waals surface area contributed by atoms with Gasteiger partial charge in [0.25, 0.3) is 10.0 Å². The van der Waals surface area contributed by atoms with E-state index in [4.69, 9.17) is 5.73 Å². The molecule has 112 valence electrons. The molecule has 0 aliphatic carbocycles. The van der Waals surface area contributed by atoms with Gasteiger partial charge in [-0.2, -0.15) is 0 Å². The number of sulfonamides is 1. The summed E-state index contributed by atoms with van der Waals surface area (Å²) < 4.78 is 28.5. The highest BCUT2D eigenvalue weighted by atomic mass is 79.9. The molecule has 2 aromatic rings. The summed E-state index contributed by atoms with van der Waals surface area (Å²) in [6.07, 6.45) is 0. The highest BCUT2D eigenvalue weighted by Gasteiger charge is 2.19. The Balaban J connectivity index is 2.47. The van der Waals surface area contributed by atoms with E-state index >= 15 is 0 Å². The van der Waals surface area contributed by atoms with Crippen LogP contribution in [-0.2, 0) is 10.0 Å². The van der Waals surface area contributed by atoms with Crippen molar-refractivity contribution in [2.45, 2.75) is 25.7 Å². The first-order valence-electron chi connectivity index (χ1n) is 6.36. The van der Waals surface area contributed by atoms with Gasteiger partial charge < -0.3 is 5.73 Å². The normalized spacial score (nSPS) is 11.4.